The molecular formula is C14H26N2O. The standard InChI is InChI=1S/C14H26N2O/c17-14(11-13-7-4-9-15-13)16-10-8-12-5-2-1-3-6-12/h12-13,15H,1-11H2,(H,16,17). The van der Waals surface area contributed by atoms with Gasteiger partial charge in [0.1, 0.15) is 0 Å². The molecule has 1 saturated heterocycles. The van der Waals surface area contributed by atoms with Gasteiger partial charge < -0.3 is 10.6 Å². The maximum atomic E-state index is 11.7. The lowest BCUT2D eigenvalue weighted by atomic mass is 9.87. The second kappa shape index (κ2) is 7.00. The molecule has 0 radical (unpaired) electrons. The fourth-order valence-corrected chi connectivity index (χ4v) is 3.12. The first-order chi connectivity index (χ1) is 8.34. The minimum Gasteiger partial charge on any atom is -0.356 e. The van der Waals surface area contributed by atoms with E-state index in [0.717, 1.165) is 25.4 Å². The predicted molar refractivity (Wildman–Crippen MR) is 69.8 cm³/mol. The van der Waals surface area contributed by atoms with E-state index in [2.05, 4.69) is 10.6 Å². The lowest BCUT2D eigenvalue weighted by Crippen LogP contribution is -2.33. The Kier molecular flexibility index (Phi) is 5.30. The second-order valence-electron chi connectivity index (χ2n) is 5.64. The maximum absolute atomic E-state index is 11.7. The molecule has 1 amide bonds. The van der Waals surface area contributed by atoms with E-state index in [4.69, 9.17) is 0 Å². The van der Waals surface area contributed by atoms with Crippen molar-refractivity contribution in [1.82, 2.24) is 10.6 Å². The van der Waals surface area contributed by atoms with Crippen LogP contribution in [0, 0.1) is 5.92 Å². The zero-order valence-corrected chi connectivity index (χ0v) is 10.8. The van der Waals surface area contributed by atoms with Gasteiger partial charge in [0.25, 0.3) is 0 Å². The largest absolute Gasteiger partial charge is 0.356 e. The highest BCUT2D eigenvalue weighted by Gasteiger charge is 2.18. The molecule has 0 spiro atoms. The highest BCUT2D eigenvalue weighted by Crippen LogP contribution is 2.25. The van der Waals surface area contributed by atoms with Crippen molar-refractivity contribution in [1.29, 1.82) is 0 Å². The topological polar surface area (TPSA) is 41.1 Å². The summed E-state index contributed by atoms with van der Waals surface area (Å²) >= 11 is 0. The van der Waals surface area contributed by atoms with Crippen LogP contribution in [0.3, 0.4) is 0 Å². The van der Waals surface area contributed by atoms with E-state index in [1.54, 1.807) is 0 Å². The molecule has 1 unspecified atom stereocenters. The molecule has 2 N–H and O–H groups in total. The number of nitrogens with one attached hydrogen (secondary N) is 2. The fraction of sp³-hybridized carbons (Fsp3) is 0.929. The third-order valence-electron chi connectivity index (χ3n) is 4.19. The molecule has 1 saturated carbocycles. The normalized spacial score (nSPS) is 26.0. The molecule has 98 valence electrons. The molecule has 17 heavy (non-hydrogen) atoms. The third-order valence-corrected chi connectivity index (χ3v) is 4.19. The van der Waals surface area contributed by atoms with Gasteiger partial charge in [-0.3, -0.25) is 4.79 Å². The lowest BCUT2D eigenvalue weighted by molar-refractivity contribution is -0.121. The zero-order valence-electron chi connectivity index (χ0n) is 10.8. The Morgan fingerprint density at radius 3 is 2.65 bits per heavy atom. The van der Waals surface area contributed by atoms with Crippen LogP contribution in [-0.4, -0.2) is 25.0 Å². The van der Waals surface area contributed by atoms with Crippen LogP contribution in [0.25, 0.3) is 0 Å². The van der Waals surface area contributed by atoms with Gasteiger partial charge in [-0.25, -0.2) is 0 Å². The van der Waals surface area contributed by atoms with Crippen molar-refractivity contribution in [3.8, 4) is 0 Å². The molecule has 2 fully saturated rings. The van der Waals surface area contributed by atoms with Crippen LogP contribution < -0.4 is 10.6 Å². The van der Waals surface area contributed by atoms with Crippen LogP contribution in [0.15, 0.2) is 0 Å². The van der Waals surface area contributed by atoms with E-state index in [1.807, 2.05) is 0 Å². The smallest absolute Gasteiger partial charge is 0.221 e. The molecule has 1 aliphatic carbocycles. The number of carbonyl (C=O) groups is 1. The van der Waals surface area contributed by atoms with Crippen LogP contribution in [0.1, 0.15) is 57.8 Å². The Balaban J connectivity index is 1.53. The van der Waals surface area contributed by atoms with Crippen molar-refractivity contribution < 1.29 is 4.79 Å². The first-order valence-electron chi connectivity index (χ1n) is 7.34. The molecule has 0 aromatic carbocycles. The summed E-state index contributed by atoms with van der Waals surface area (Å²) in [4.78, 5) is 11.7. The van der Waals surface area contributed by atoms with Gasteiger partial charge >= 0.3 is 0 Å². The van der Waals surface area contributed by atoms with E-state index in [0.29, 0.717) is 12.5 Å². The predicted octanol–water partition coefficient (Wildman–Crippen LogP) is 2.22. The summed E-state index contributed by atoms with van der Waals surface area (Å²) in [5, 5.41) is 6.44. The molecule has 2 aliphatic rings. The Bertz CT molecular complexity index is 230. The molecule has 1 heterocycles. The Labute approximate surface area is 105 Å². The molecule has 1 atom stereocenters. The summed E-state index contributed by atoms with van der Waals surface area (Å²) in [5.41, 5.74) is 0. The quantitative estimate of drug-likeness (QED) is 0.771. The summed E-state index contributed by atoms with van der Waals surface area (Å²) in [6.07, 6.45) is 11.2. The van der Waals surface area contributed by atoms with Gasteiger partial charge in [-0.05, 0) is 31.7 Å². The Morgan fingerprint density at radius 1 is 1.12 bits per heavy atom. The van der Waals surface area contributed by atoms with Gasteiger partial charge in [0.05, 0.1) is 0 Å². The van der Waals surface area contributed by atoms with Crippen LogP contribution in [0.4, 0.5) is 0 Å². The van der Waals surface area contributed by atoms with Crippen molar-refractivity contribution >= 4 is 5.91 Å². The van der Waals surface area contributed by atoms with Gasteiger partial charge in [-0.1, -0.05) is 32.1 Å². The third kappa shape index (κ3) is 4.66. The maximum Gasteiger partial charge on any atom is 0.221 e. The monoisotopic (exact) mass is 238 g/mol. The molecule has 3 heteroatoms. The minimum absolute atomic E-state index is 0.236. The Hall–Kier alpha value is -0.570. The van der Waals surface area contributed by atoms with E-state index >= 15 is 0 Å². The summed E-state index contributed by atoms with van der Waals surface area (Å²) in [7, 11) is 0. The van der Waals surface area contributed by atoms with Crippen molar-refractivity contribution in [3.05, 3.63) is 0 Å². The van der Waals surface area contributed by atoms with Crippen molar-refractivity contribution in [2.75, 3.05) is 13.1 Å². The highest BCUT2D eigenvalue weighted by atomic mass is 16.1. The first-order valence-corrected chi connectivity index (χ1v) is 7.34. The highest BCUT2D eigenvalue weighted by molar-refractivity contribution is 5.76. The zero-order chi connectivity index (χ0) is 11.9. The molecule has 2 rings (SSSR count). The summed E-state index contributed by atoms with van der Waals surface area (Å²) in [6, 6.07) is 0.435. The molecular weight excluding hydrogens is 212 g/mol. The van der Waals surface area contributed by atoms with E-state index in [9.17, 15) is 4.79 Å². The minimum atomic E-state index is 0.236. The van der Waals surface area contributed by atoms with Gasteiger partial charge in [0.15, 0.2) is 0 Å². The number of rotatable bonds is 5. The average molecular weight is 238 g/mol. The van der Waals surface area contributed by atoms with Crippen LogP contribution in [-0.2, 0) is 4.79 Å². The van der Waals surface area contributed by atoms with Gasteiger partial charge in [-0.2, -0.15) is 0 Å². The van der Waals surface area contributed by atoms with Crippen LogP contribution in [0.2, 0.25) is 0 Å². The molecule has 1 aliphatic heterocycles. The van der Waals surface area contributed by atoms with Crippen molar-refractivity contribution in [2.24, 2.45) is 5.92 Å². The summed E-state index contributed by atoms with van der Waals surface area (Å²) in [5.74, 6) is 1.11. The van der Waals surface area contributed by atoms with Gasteiger partial charge in [0, 0.05) is 19.0 Å². The molecule has 0 bridgehead atoms. The SMILES string of the molecule is O=C(CC1CCCN1)NCCC1CCCCC1. The summed E-state index contributed by atoms with van der Waals surface area (Å²) in [6.45, 7) is 1.97. The second-order valence-corrected chi connectivity index (χ2v) is 5.64. The lowest BCUT2D eigenvalue weighted by Gasteiger charge is -2.21. The number of hydrogen-bond donors (Lipinski definition) is 2. The number of amides is 1. The average Bonchev–Trinajstić information content (AvgIpc) is 2.83. The van der Waals surface area contributed by atoms with Gasteiger partial charge in [0.2, 0.25) is 5.91 Å². The summed E-state index contributed by atoms with van der Waals surface area (Å²) < 4.78 is 0. The molecule has 0 aromatic heterocycles. The first kappa shape index (κ1) is 12.9. The Morgan fingerprint density at radius 2 is 1.94 bits per heavy atom. The van der Waals surface area contributed by atoms with Gasteiger partial charge in [-0.15, -0.1) is 0 Å². The fourth-order valence-electron chi connectivity index (χ4n) is 3.12. The van der Waals surface area contributed by atoms with Crippen molar-refractivity contribution in [2.45, 2.75) is 63.8 Å². The number of carbonyl (C=O) groups excluding carboxylic acids is 1. The molecule has 0 aromatic rings. The van der Waals surface area contributed by atoms with E-state index < -0.39 is 0 Å². The van der Waals surface area contributed by atoms with Crippen LogP contribution in [0.5, 0.6) is 0 Å². The van der Waals surface area contributed by atoms with E-state index in [-0.39, 0.29) is 5.91 Å². The van der Waals surface area contributed by atoms with E-state index in [1.165, 1.54) is 44.9 Å². The van der Waals surface area contributed by atoms with Crippen LogP contribution >= 0.6 is 0 Å². The van der Waals surface area contributed by atoms with Crippen molar-refractivity contribution in [3.63, 3.8) is 0 Å². The number of hydrogen-bond acceptors (Lipinski definition) is 2. The molecule has 3 nitrogen and oxygen atoms in total.